The summed E-state index contributed by atoms with van der Waals surface area (Å²) in [6.45, 7) is 8.50. The molecule has 0 aromatic heterocycles. The van der Waals surface area contributed by atoms with Crippen molar-refractivity contribution in [3.8, 4) is 0 Å². The number of hydrogen-bond acceptors (Lipinski definition) is 2. The molecule has 2 nitrogen and oxygen atoms in total. The Labute approximate surface area is 87.9 Å². The highest BCUT2D eigenvalue weighted by Crippen LogP contribution is 2.35. The summed E-state index contributed by atoms with van der Waals surface area (Å²) in [5.41, 5.74) is 2.94. The van der Waals surface area contributed by atoms with Crippen LogP contribution in [-0.4, -0.2) is 6.04 Å². The average Bonchev–Trinajstić information content (AvgIpc) is 2.19. The van der Waals surface area contributed by atoms with Crippen molar-refractivity contribution in [1.29, 1.82) is 0 Å². The van der Waals surface area contributed by atoms with Crippen LogP contribution in [0, 0.1) is 17.8 Å². The molecule has 1 fully saturated rings. The highest BCUT2D eigenvalue weighted by molar-refractivity contribution is 4.86. The first-order valence-corrected chi connectivity index (χ1v) is 5.76. The molecular formula is C12H24N2. The quantitative estimate of drug-likeness (QED) is 0.412. The Balaban J connectivity index is 2.47. The second-order valence-electron chi connectivity index (χ2n) is 4.83. The molecular weight excluding hydrogens is 172 g/mol. The van der Waals surface area contributed by atoms with Gasteiger partial charge in [-0.05, 0) is 37.0 Å². The maximum absolute atomic E-state index is 5.57. The Hall–Kier alpha value is -0.340. The highest BCUT2D eigenvalue weighted by atomic mass is 15.2. The molecule has 1 saturated carbocycles. The molecule has 4 unspecified atom stereocenters. The zero-order chi connectivity index (χ0) is 10.6. The van der Waals surface area contributed by atoms with Crippen LogP contribution in [0.5, 0.6) is 0 Å². The minimum absolute atomic E-state index is 0.433. The van der Waals surface area contributed by atoms with E-state index in [9.17, 15) is 0 Å². The molecule has 0 aliphatic heterocycles. The predicted molar refractivity (Wildman–Crippen MR) is 61.6 cm³/mol. The van der Waals surface area contributed by atoms with Crippen molar-refractivity contribution in [2.45, 2.75) is 45.6 Å². The van der Waals surface area contributed by atoms with Gasteiger partial charge in [0.2, 0.25) is 0 Å². The summed E-state index contributed by atoms with van der Waals surface area (Å²) < 4.78 is 0. The lowest BCUT2D eigenvalue weighted by Gasteiger charge is -2.36. The Morgan fingerprint density at radius 2 is 2.14 bits per heavy atom. The fourth-order valence-electron chi connectivity index (χ4n) is 2.53. The largest absolute Gasteiger partial charge is 0.271 e. The average molecular weight is 196 g/mol. The highest BCUT2D eigenvalue weighted by Gasteiger charge is 2.28. The van der Waals surface area contributed by atoms with Gasteiger partial charge in [0, 0.05) is 6.04 Å². The zero-order valence-corrected chi connectivity index (χ0v) is 9.50. The molecule has 82 valence electrons. The van der Waals surface area contributed by atoms with Gasteiger partial charge in [0.05, 0.1) is 0 Å². The maximum atomic E-state index is 5.57. The normalized spacial score (nSPS) is 35.2. The van der Waals surface area contributed by atoms with Crippen molar-refractivity contribution < 1.29 is 0 Å². The third-order valence-electron chi connectivity index (χ3n) is 3.84. The first kappa shape index (κ1) is 11.7. The van der Waals surface area contributed by atoms with E-state index < -0.39 is 0 Å². The van der Waals surface area contributed by atoms with Crippen LogP contribution in [0.1, 0.15) is 39.5 Å². The number of hydrazine groups is 1. The third kappa shape index (κ3) is 2.82. The van der Waals surface area contributed by atoms with E-state index in [1.165, 1.54) is 19.3 Å². The van der Waals surface area contributed by atoms with Crippen molar-refractivity contribution in [2.75, 3.05) is 0 Å². The van der Waals surface area contributed by atoms with Crippen LogP contribution in [0.4, 0.5) is 0 Å². The van der Waals surface area contributed by atoms with Gasteiger partial charge in [-0.15, -0.1) is 6.58 Å². The van der Waals surface area contributed by atoms with Crippen LogP contribution in [0.15, 0.2) is 12.7 Å². The number of nitrogens with one attached hydrogen (secondary N) is 1. The molecule has 2 heteroatoms. The van der Waals surface area contributed by atoms with Gasteiger partial charge in [0.1, 0.15) is 0 Å². The first-order chi connectivity index (χ1) is 6.69. The van der Waals surface area contributed by atoms with Gasteiger partial charge >= 0.3 is 0 Å². The number of hydrogen-bond donors (Lipinski definition) is 2. The number of rotatable bonds is 4. The predicted octanol–water partition coefficient (Wildman–Crippen LogP) is 2.47. The molecule has 3 N–H and O–H groups in total. The van der Waals surface area contributed by atoms with Crippen LogP contribution in [0.25, 0.3) is 0 Å². The van der Waals surface area contributed by atoms with Gasteiger partial charge in [-0.3, -0.25) is 11.3 Å². The molecule has 0 spiro atoms. The molecule has 0 radical (unpaired) electrons. The second kappa shape index (κ2) is 5.52. The maximum Gasteiger partial charge on any atom is 0.0273 e. The summed E-state index contributed by atoms with van der Waals surface area (Å²) in [5.74, 6) is 8.04. The van der Waals surface area contributed by atoms with Crippen LogP contribution in [-0.2, 0) is 0 Å². The molecule has 0 amide bonds. The number of nitrogens with two attached hydrogens (primary N) is 1. The van der Waals surface area contributed by atoms with Crippen molar-refractivity contribution in [3.05, 3.63) is 12.7 Å². The van der Waals surface area contributed by atoms with Gasteiger partial charge < -0.3 is 0 Å². The molecule has 0 heterocycles. The van der Waals surface area contributed by atoms with E-state index in [1.807, 2.05) is 6.08 Å². The van der Waals surface area contributed by atoms with Crippen LogP contribution < -0.4 is 11.3 Å². The molecule has 0 aromatic rings. The van der Waals surface area contributed by atoms with Gasteiger partial charge in [-0.2, -0.15) is 0 Å². The minimum Gasteiger partial charge on any atom is -0.271 e. The summed E-state index contributed by atoms with van der Waals surface area (Å²) in [4.78, 5) is 0. The van der Waals surface area contributed by atoms with Crippen molar-refractivity contribution in [1.82, 2.24) is 5.43 Å². The van der Waals surface area contributed by atoms with Crippen molar-refractivity contribution >= 4 is 0 Å². The fraction of sp³-hybridized carbons (Fsp3) is 0.833. The van der Waals surface area contributed by atoms with Gasteiger partial charge in [-0.25, -0.2) is 0 Å². The summed E-state index contributed by atoms with van der Waals surface area (Å²) in [5, 5.41) is 0. The molecule has 1 aliphatic carbocycles. The molecule has 4 atom stereocenters. The monoisotopic (exact) mass is 196 g/mol. The van der Waals surface area contributed by atoms with E-state index in [1.54, 1.807) is 0 Å². The van der Waals surface area contributed by atoms with Crippen molar-refractivity contribution in [2.24, 2.45) is 23.6 Å². The van der Waals surface area contributed by atoms with E-state index in [2.05, 4.69) is 25.9 Å². The van der Waals surface area contributed by atoms with E-state index in [-0.39, 0.29) is 0 Å². The first-order valence-electron chi connectivity index (χ1n) is 5.76. The fourth-order valence-corrected chi connectivity index (χ4v) is 2.53. The van der Waals surface area contributed by atoms with E-state index in [4.69, 9.17) is 5.84 Å². The lowest BCUT2D eigenvalue weighted by Crippen LogP contribution is -2.43. The minimum atomic E-state index is 0.433. The van der Waals surface area contributed by atoms with E-state index in [0.717, 1.165) is 24.2 Å². The SMILES string of the molecule is C=CCC(NN)C1CCC(C)C(C)C1. The van der Waals surface area contributed by atoms with Crippen molar-refractivity contribution in [3.63, 3.8) is 0 Å². The van der Waals surface area contributed by atoms with Crippen LogP contribution in [0.2, 0.25) is 0 Å². The second-order valence-corrected chi connectivity index (χ2v) is 4.83. The smallest absolute Gasteiger partial charge is 0.0273 e. The lowest BCUT2D eigenvalue weighted by atomic mass is 9.73. The lowest BCUT2D eigenvalue weighted by molar-refractivity contribution is 0.171. The molecule has 0 bridgehead atoms. The van der Waals surface area contributed by atoms with E-state index in [0.29, 0.717) is 6.04 Å². The summed E-state index contributed by atoms with van der Waals surface area (Å²) in [6, 6.07) is 0.433. The Morgan fingerprint density at radius 3 is 2.64 bits per heavy atom. The zero-order valence-electron chi connectivity index (χ0n) is 9.50. The van der Waals surface area contributed by atoms with Crippen LogP contribution in [0.3, 0.4) is 0 Å². The summed E-state index contributed by atoms with van der Waals surface area (Å²) in [6.07, 6.45) is 6.93. The molecule has 0 saturated heterocycles. The summed E-state index contributed by atoms with van der Waals surface area (Å²) >= 11 is 0. The topological polar surface area (TPSA) is 38.0 Å². The van der Waals surface area contributed by atoms with E-state index >= 15 is 0 Å². The molecule has 0 aromatic carbocycles. The molecule has 1 rings (SSSR count). The van der Waals surface area contributed by atoms with Gasteiger partial charge in [0.15, 0.2) is 0 Å². The third-order valence-corrected chi connectivity index (χ3v) is 3.84. The molecule has 14 heavy (non-hydrogen) atoms. The van der Waals surface area contributed by atoms with Crippen LogP contribution >= 0.6 is 0 Å². The Bertz CT molecular complexity index is 179. The van der Waals surface area contributed by atoms with Gasteiger partial charge in [-0.1, -0.05) is 26.3 Å². The summed E-state index contributed by atoms with van der Waals surface area (Å²) in [7, 11) is 0. The van der Waals surface area contributed by atoms with Gasteiger partial charge in [0.25, 0.3) is 0 Å². The Kier molecular flexibility index (Phi) is 4.63. The Morgan fingerprint density at radius 1 is 1.43 bits per heavy atom. The standard InChI is InChI=1S/C12H24N2/c1-4-5-12(14-13)11-7-6-9(2)10(3)8-11/h4,9-12,14H,1,5-8,13H2,2-3H3. The molecule has 1 aliphatic rings.